The van der Waals surface area contributed by atoms with Gasteiger partial charge in [0, 0.05) is 6.07 Å². The highest BCUT2D eigenvalue weighted by Crippen LogP contribution is 2.22. The third kappa shape index (κ3) is 3.14. The minimum Gasteiger partial charge on any atom is -0.468 e. The molecule has 0 aliphatic heterocycles. The Labute approximate surface area is 111 Å². The molecule has 100 valence electrons. The molecule has 2 rings (SSSR count). The van der Waals surface area contributed by atoms with Gasteiger partial charge < -0.3 is 15.1 Å². The minimum absolute atomic E-state index is 0.130. The molecule has 0 aromatic carbocycles. The zero-order valence-corrected chi connectivity index (χ0v) is 10.5. The van der Waals surface area contributed by atoms with E-state index in [4.69, 9.17) is 16.0 Å². The molecule has 6 N–H and O–H groups in total. The number of nitrogens with one attached hydrogen (secondary N) is 2. The van der Waals surface area contributed by atoms with E-state index in [0.717, 1.165) is 0 Å². The molecule has 9 heteroatoms. The summed E-state index contributed by atoms with van der Waals surface area (Å²) in [5, 5.41) is 0.348. The molecule has 2 aromatic rings. The van der Waals surface area contributed by atoms with Crippen LogP contribution in [0.25, 0.3) is 0 Å². The number of hydrogen-bond donors (Lipinski definition) is 4. The van der Waals surface area contributed by atoms with E-state index in [2.05, 4.69) is 9.97 Å². The first-order valence-electron chi connectivity index (χ1n) is 5.17. The van der Waals surface area contributed by atoms with Gasteiger partial charge in [0.15, 0.2) is 5.16 Å². The number of aromatic amines is 1. The Balaban J connectivity index is 2.12. The van der Waals surface area contributed by atoms with Crippen molar-refractivity contribution in [3.8, 4) is 0 Å². The van der Waals surface area contributed by atoms with Crippen molar-refractivity contribution in [2.75, 3.05) is 5.73 Å². The van der Waals surface area contributed by atoms with E-state index in [1.807, 2.05) is 5.43 Å². The van der Waals surface area contributed by atoms with Crippen molar-refractivity contribution < 1.29 is 9.21 Å². The number of aromatic nitrogens is 2. The smallest absolute Gasteiger partial charge is 0.268 e. The second-order valence-corrected chi connectivity index (χ2v) is 4.46. The van der Waals surface area contributed by atoms with E-state index in [9.17, 15) is 9.59 Å². The van der Waals surface area contributed by atoms with E-state index >= 15 is 0 Å². The number of nitrogens with two attached hydrogens (primary N) is 2. The van der Waals surface area contributed by atoms with Crippen molar-refractivity contribution in [1.82, 2.24) is 15.4 Å². The van der Waals surface area contributed by atoms with Crippen LogP contribution in [0.3, 0.4) is 0 Å². The summed E-state index contributed by atoms with van der Waals surface area (Å²) in [6.45, 7) is 0. The highest BCUT2D eigenvalue weighted by Gasteiger charge is 2.14. The number of anilines is 1. The molecule has 0 fully saturated rings. The number of furan rings is 1. The van der Waals surface area contributed by atoms with Crippen LogP contribution < -0.4 is 22.6 Å². The molecular formula is C10H11N5O3S. The van der Waals surface area contributed by atoms with Gasteiger partial charge in [-0.15, -0.1) is 0 Å². The molecule has 0 unspecified atom stereocenters. The van der Waals surface area contributed by atoms with Crippen LogP contribution in [-0.2, 0) is 5.75 Å². The number of thioether (sulfide) groups is 1. The zero-order valence-electron chi connectivity index (χ0n) is 9.67. The largest absolute Gasteiger partial charge is 0.468 e. The quantitative estimate of drug-likeness (QED) is 0.201. The molecule has 8 nitrogen and oxygen atoms in total. The molecule has 0 bridgehead atoms. The molecule has 0 spiro atoms. The van der Waals surface area contributed by atoms with Gasteiger partial charge in [-0.2, -0.15) is 0 Å². The fourth-order valence-electron chi connectivity index (χ4n) is 1.39. The first kappa shape index (κ1) is 13.2. The van der Waals surface area contributed by atoms with Crippen LogP contribution in [0.4, 0.5) is 5.82 Å². The maximum absolute atomic E-state index is 11.4. The number of amides is 1. The number of hydrogen-bond acceptors (Lipinski definition) is 7. The highest BCUT2D eigenvalue weighted by atomic mass is 32.2. The summed E-state index contributed by atoms with van der Waals surface area (Å²) in [6.07, 6.45) is 1.38. The van der Waals surface area contributed by atoms with Gasteiger partial charge in [-0.1, -0.05) is 11.8 Å². The molecule has 0 radical (unpaired) electrons. The molecule has 1 amide bonds. The second-order valence-electron chi connectivity index (χ2n) is 3.49. The summed E-state index contributed by atoms with van der Waals surface area (Å²) in [4.78, 5) is 29.1. The van der Waals surface area contributed by atoms with Crippen LogP contribution >= 0.6 is 11.8 Å². The lowest BCUT2D eigenvalue weighted by molar-refractivity contribution is 0.0952. The SMILES string of the molecule is NNC(=O)c1ccoc1CSc1nc(N)cc(=O)[nH]1. The number of carbonyl (C=O) groups is 1. The van der Waals surface area contributed by atoms with Crippen LogP contribution in [0, 0.1) is 0 Å². The topological polar surface area (TPSA) is 140 Å². The summed E-state index contributed by atoms with van der Waals surface area (Å²) in [7, 11) is 0. The number of nitrogen functional groups attached to an aromatic ring is 2. The Bertz CT molecular complexity index is 651. The van der Waals surface area contributed by atoms with Crippen molar-refractivity contribution in [2.45, 2.75) is 10.9 Å². The summed E-state index contributed by atoms with van der Waals surface area (Å²) in [6, 6.07) is 2.69. The summed E-state index contributed by atoms with van der Waals surface area (Å²) in [5.41, 5.74) is 7.48. The van der Waals surface area contributed by atoms with Crippen LogP contribution in [0.5, 0.6) is 0 Å². The van der Waals surface area contributed by atoms with Gasteiger partial charge >= 0.3 is 0 Å². The number of H-pyrrole nitrogens is 1. The second kappa shape index (κ2) is 5.59. The number of nitrogens with zero attached hydrogens (tertiary/aromatic N) is 1. The van der Waals surface area contributed by atoms with Crippen LogP contribution in [0.1, 0.15) is 16.1 Å². The summed E-state index contributed by atoms with van der Waals surface area (Å²) >= 11 is 1.19. The molecule has 2 aromatic heterocycles. The third-order valence-corrected chi connectivity index (χ3v) is 3.07. The lowest BCUT2D eigenvalue weighted by Crippen LogP contribution is -2.30. The van der Waals surface area contributed by atoms with Crippen LogP contribution in [-0.4, -0.2) is 15.9 Å². The van der Waals surface area contributed by atoms with Gasteiger partial charge in [-0.05, 0) is 6.07 Å². The predicted molar refractivity (Wildman–Crippen MR) is 69.2 cm³/mol. The van der Waals surface area contributed by atoms with E-state index < -0.39 is 5.91 Å². The van der Waals surface area contributed by atoms with Gasteiger partial charge in [0.2, 0.25) is 0 Å². The molecule has 0 saturated heterocycles. The van der Waals surface area contributed by atoms with Crippen molar-refractivity contribution >= 4 is 23.5 Å². The Morgan fingerprint density at radius 2 is 2.37 bits per heavy atom. The van der Waals surface area contributed by atoms with Gasteiger partial charge in [0.05, 0.1) is 17.6 Å². The van der Waals surface area contributed by atoms with Crippen molar-refractivity contribution in [1.29, 1.82) is 0 Å². The van der Waals surface area contributed by atoms with E-state index in [1.54, 1.807) is 0 Å². The molecule has 0 aliphatic rings. The van der Waals surface area contributed by atoms with Crippen molar-refractivity contribution in [2.24, 2.45) is 5.84 Å². The Kier molecular flexibility index (Phi) is 3.88. The van der Waals surface area contributed by atoms with Gasteiger partial charge in [0.1, 0.15) is 11.6 Å². The fourth-order valence-corrected chi connectivity index (χ4v) is 2.22. The maximum Gasteiger partial charge on any atom is 0.268 e. The molecule has 2 heterocycles. The fraction of sp³-hybridized carbons (Fsp3) is 0.100. The van der Waals surface area contributed by atoms with Gasteiger partial charge in [-0.25, -0.2) is 10.8 Å². The highest BCUT2D eigenvalue weighted by molar-refractivity contribution is 7.98. The van der Waals surface area contributed by atoms with E-state index in [0.29, 0.717) is 22.2 Å². The van der Waals surface area contributed by atoms with Crippen LogP contribution in [0.2, 0.25) is 0 Å². The lowest BCUT2D eigenvalue weighted by Gasteiger charge is -2.02. The Morgan fingerprint density at radius 3 is 3.05 bits per heavy atom. The number of carbonyl (C=O) groups excluding carboxylic acids is 1. The first-order valence-corrected chi connectivity index (χ1v) is 6.15. The van der Waals surface area contributed by atoms with Crippen LogP contribution in [0.15, 0.2) is 32.8 Å². The third-order valence-electron chi connectivity index (χ3n) is 2.20. The number of rotatable bonds is 4. The summed E-state index contributed by atoms with van der Waals surface area (Å²) in [5.74, 6) is 5.48. The van der Waals surface area contributed by atoms with Gasteiger partial charge in [0.25, 0.3) is 11.5 Å². The first-order chi connectivity index (χ1) is 9.10. The Hall–Kier alpha value is -2.26. The van der Waals surface area contributed by atoms with E-state index in [-0.39, 0.29) is 11.4 Å². The Morgan fingerprint density at radius 1 is 1.58 bits per heavy atom. The minimum atomic E-state index is -0.446. The molecule has 0 saturated carbocycles. The molecule has 0 atom stereocenters. The van der Waals surface area contributed by atoms with Crippen molar-refractivity contribution in [3.63, 3.8) is 0 Å². The maximum atomic E-state index is 11.4. The number of hydrazine groups is 1. The average molecular weight is 281 g/mol. The monoisotopic (exact) mass is 281 g/mol. The summed E-state index contributed by atoms with van der Waals surface area (Å²) < 4.78 is 5.18. The predicted octanol–water partition coefficient (Wildman–Crippen LogP) is -0.159. The average Bonchev–Trinajstić information content (AvgIpc) is 2.82. The van der Waals surface area contributed by atoms with Crippen molar-refractivity contribution in [3.05, 3.63) is 40.1 Å². The molecule has 0 aliphatic carbocycles. The standard InChI is InChI=1S/C10H11N5O3S/c11-7-3-8(16)14-10(13-7)19-4-6-5(1-2-18-6)9(17)15-12/h1-3H,4,12H2,(H,15,17)(H3,11,13,14,16). The normalized spacial score (nSPS) is 10.4. The zero-order chi connectivity index (χ0) is 13.8. The van der Waals surface area contributed by atoms with E-state index in [1.165, 1.54) is 30.2 Å². The molecular weight excluding hydrogens is 270 g/mol. The molecule has 19 heavy (non-hydrogen) atoms. The lowest BCUT2D eigenvalue weighted by atomic mass is 10.2. The van der Waals surface area contributed by atoms with Gasteiger partial charge in [-0.3, -0.25) is 15.0 Å².